The number of aliphatic hydroxyl groups excluding tert-OH is 12. The smallest absolute Gasteiger partial charge is 0.187 e. The van der Waals surface area contributed by atoms with Crippen LogP contribution in [0, 0.1) is 52.3 Å². The number of hydrogen-bond donors (Lipinski definition) is 12. The highest BCUT2D eigenvalue weighted by Crippen LogP contribution is 2.71. The summed E-state index contributed by atoms with van der Waals surface area (Å²) in [6, 6.07) is 0. The van der Waals surface area contributed by atoms with Crippen LogP contribution in [-0.2, 0) is 47.4 Å². The first kappa shape index (κ1) is 54.5. The zero-order chi connectivity index (χ0) is 51.3. The maximum absolute atomic E-state index is 11.6. The Balaban J connectivity index is 0.774. The van der Waals surface area contributed by atoms with Gasteiger partial charge >= 0.3 is 0 Å². The van der Waals surface area contributed by atoms with Crippen LogP contribution >= 0.6 is 0 Å². The highest BCUT2D eigenvalue weighted by atomic mass is 16.8. The third kappa shape index (κ3) is 9.36. The molecule has 10 aliphatic rings. The molecule has 12 N–H and O–H groups in total. The molecule has 2 unspecified atom stereocenters. The van der Waals surface area contributed by atoms with Crippen molar-refractivity contribution in [3.05, 3.63) is 0 Å². The maximum Gasteiger partial charge on any atom is 0.187 e. The van der Waals surface area contributed by atoms with Crippen LogP contribution in [0.25, 0.3) is 0 Å². The first-order valence-corrected chi connectivity index (χ1v) is 26.7. The van der Waals surface area contributed by atoms with Gasteiger partial charge in [-0.15, -0.1) is 0 Å². The first-order chi connectivity index (χ1) is 34.2. The maximum atomic E-state index is 11.6. The van der Waals surface area contributed by atoms with E-state index in [0.29, 0.717) is 47.8 Å². The minimum Gasteiger partial charge on any atom is -0.394 e. The Morgan fingerprint density at radius 1 is 0.542 bits per heavy atom. The van der Waals surface area contributed by atoms with Gasteiger partial charge < -0.3 is 109 Å². The Morgan fingerprint density at radius 2 is 1.15 bits per heavy atom. The van der Waals surface area contributed by atoms with Crippen molar-refractivity contribution in [3.63, 3.8) is 0 Å². The highest BCUT2D eigenvalue weighted by molar-refractivity contribution is 5.15. The largest absolute Gasteiger partial charge is 0.394 e. The average molecular weight is 1040 g/mol. The zero-order valence-electron chi connectivity index (χ0n) is 41.7. The van der Waals surface area contributed by atoms with Crippen LogP contribution < -0.4 is 0 Å². The van der Waals surface area contributed by atoms with E-state index in [9.17, 15) is 61.3 Å². The van der Waals surface area contributed by atoms with Gasteiger partial charge in [0.2, 0.25) is 0 Å². The van der Waals surface area contributed by atoms with E-state index in [1.165, 1.54) is 12.8 Å². The lowest BCUT2D eigenvalue weighted by molar-refractivity contribution is -0.385. The molecule has 4 saturated carbocycles. The van der Waals surface area contributed by atoms with Gasteiger partial charge in [-0.3, -0.25) is 0 Å². The van der Waals surface area contributed by atoms with E-state index in [2.05, 4.69) is 27.7 Å². The summed E-state index contributed by atoms with van der Waals surface area (Å²) in [5, 5.41) is 129. The van der Waals surface area contributed by atoms with Crippen LogP contribution in [-0.4, -0.2) is 229 Å². The minimum atomic E-state index is -2.01. The highest BCUT2D eigenvalue weighted by Gasteiger charge is 2.69. The number of hydrogen-bond acceptors (Lipinski definition) is 22. The lowest BCUT2D eigenvalue weighted by Gasteiger charge is -2.61. The number of fused-ring (bicyclic) bond motifs is 7. The summed E-state index contributed by atoms with van der Waals surface area (Å²) in [6.45, 7) is 7.81. The number of ether oxygens (including phenoxy) is 10. The van der Waals surface area contributed by atoms with Gasteiger partial charge in [0.25, 0.3) is 0 Å². The van der Waals surface area contributed by atoms with Crippen LogP contribution in [0.4, 0.5) is 0 Å². The third-order valence-electron chi connectivity index (χ3n) is 20.0. The molecular weight excluding hydrogens is 953 g/mol. The topological polar surface area (TPSA) is 335 Å². The van der Waals surface area contributed by atoms with E-state index in [4.69, 9.17) is 47.4 Å². The molecule has 414 valence electrons. The summed E-state index contributed by atoms with van der Waals surface area (Å²) >= 11 is 0. The summed E-state index contributed by atoms with van der Waals surface area (Å²) in [5.74, 6) is 3.14. The lowest BCUT2D eigenvalue weighted by Crippen LogP contribution is -2.67. The predicted octanol–water partition coefficient (Wildman–Crippen LogP) is -2.27. The predicted molar refractivity (Wildman–Crippen MR) is 242 cm³/mol. The van der Waals surface area contributed by atoms with Crippen molar-refractivity contribution in [2.75, 3.05) is 33.0 Å². The van der Waals surface area contributed by atoms with E-state index in [1.807, 2.05) is 0 Å². The van der Waals surface area contributed by atoms with Crippen molar-refractivity contribution in [3.8, 4) is 0 Å². The van der Waals surface area contributed by atoms with Crippen LogP contribution in [0.15, 0.2) is 0 Å². The van der Waals surface area contributed by atoms with Crippen LogP contribution in [0.5, 0.6) is 0 Å². The van der Waals surface area contributed by atoms with Crippen molar-refractivity contribution in [1.29, 1.82) is 0 Å². The zero-order valence-corrected chi connectivity index (χ0v) is 41.7. The summed E-state index contributed by atoms with van der Waals surface area (Å²) < 4.78 is 60.5. The fourth-order valence-electron chi connectivity index (χ4n) is 15.8. The molecule has 6 saturated heterocycles. The van der Waals surface area contributed by atoms with Crippen LogP contribution in [0.2, 0.25) is 0 Å². The normalized spacial score (nSPS) is 57.8. The molecule has 4 aliphatic carbocycles. The van der Waals surface area contributed by atoms with Crippen molar-refractivity contribution >= 4 is 0 Å². The van der Waals surface area contributed by atoms with Gasteiger partial charge in [-0.1, -0.05) is 27.7 Å². The fraction of sp³-hybridized carbons (Fsp3) is 1.00. The third-order valence-corrected chi connectivity index (χ3v) is 20.0. The van der Waals surface area contributed by atoms with Gasteiger partial charge in [0.15, 0.2) is 30.9 Å². The second-order valence-corrected chi connectivity index (χ2v) is 23.9. The van der Waals surface area contributed by atoms with Crippen LogP contribution in [0.3, 0.4) is 0 Å². The minimum absolute atomic E-state index is 0.108. The molecule has 22 heteroatoms. The second-order valence-electron chi connectivity index (χ2n) is 23.9. The molecule has 0 bridgehead atoms. The van der Waals surface area contributed by atoms with Gasteiger partial charge in [-0.25, -0.2) is 0 Å². The van der Waals surface area contributed by atoms with Gasteiger partial charge in [-0.05, 0) is 104 Å². The Bertz CT molecular complexity index is 1830. The molecule has 1 spiro atoms. The quantitative estimate of drug-likeness (QED) is 0.0971. The fourth-order valence-corrected chi connectivity index (χ4v) is 15.8. The standard InChI is InChI=1S/C50H82O22/c1-20-7-12-50(65-17-20)21(2)32-28(72-50)14-26-24-6-5-22-13-23(8-10-48(22,3)25(24)9-11-49(26,32)4)66-45-40(61)36(57)42(30(16-52)68-45)70-47-41(62)37(58)43(71-46-39(60)35(56)34(55)29(15-51)67-46)31(69-47)19-64-44-38(59)33(54)27(53)18-63-44/h20-47,51-62H,5-19H2,1-4H3/t20-,21-,22+,23-,24+,25?,26?,27+,28-,29+,30+,31+,32-,33-,34-,35-,36+,37+,38+,39+,40+,41+,42+,43+,44-,45+,46-,47-,48-,49-,50+/m0/s1. The molecule has 6 aliphatic heterocycles. The Morgan fingerprint density at radius 3 is 1.82 bits per heavy atom. The molecular formula is C50H82O22. The van der Waals surface area contributed by atoms with E-state index >= 15 is 0 Å². The van der Waals surface area contributed by atoms with E-state index in [1.54, 1.807) is 0 Å². The molecule has 0 radical (unpaired) electrons. The van der Waals surface area contributed by atoms with Gasteiger partial charge in [-0.2, -0.15) is 0 Å². The molecule has 10 rings (SSSR count). The molecule has 6 heterocycles. The van der Waals surface area contributed by atoms with Crippen LogP contribution in [0.1, 0.15) is 91.9 Å². The Kier molecular flexibility index (Phi) is 15.9. The second kappa shape index (κ2) is 21.1. The summed E-state index contributed by atoms with van der Waals surface area (Å²) in [5.41, 5.74) is 0.318. The lowest BCUT2D eigenvalue weighted by atomic mass is 9.44. The molecule has 0 aromatic rings. The van der Waals surface area contributed by atoms with Gasteiger partial charge in [0.05, 0.1) is 45.2 Å². The molecule has 72 heavy (non-hydrogen) atoms. The SMILES string of the molecule is C[C@H]1CC[C@@]2(OC1)O[C@H]1CC3[C@@H]4CC[C@@H]5C[C@@H](O[C@@H]6O[C@H](CO)[C@@H](O[C@@H]7O[C@H](CO[C@@H]8OC[C@@H](O)[C@H](O)[C@H]8O)[C@@H](O[C@@H]8O[C@H](CO)[C@H](O)[C@H](O)[C@H]8O)[C@H](O)[C@H]7O)[C@H](O)[C@H]6O)CC[C@]5(C)C4CC[C@]3(C)[C@H]1[C@@H]2C. The van der Waals surface area contributed by atoms with Crippen molar-refractivity contribution < 1.29 is 109 Å². The summed E-state index contributed by atoms with van der Waals surface area (Å²) in [4.78, 5) is 0. The Labute approximate surface area is 419 Å². The van der Waals surface area contributed by atoms with Gasteiger partial charge in [0, 0.05) is 12.3 Å². The van der Waals surface area contributed by atoms with Crippen molar-refractivity contribution in [2.24, 2.45) is 52.3 Å². The van der Waals surface area contributed by atoms with E-state index < -0.39 is 149 Å². The Hall–Kier alpha value is -0.880. The first-order valence-electron chi connectivity index (χ1n) is 26.7. The summed E-state index contributed by atoms with van der Waals surface area (Å²) in [7, 11) is 0. The van der Waals surface area contributed by atoms with E-state index in [0.717, 1.165) is 51.6 Å². The van der Waals surface area contributed by atoms with Gasteiger partial charge in [0.1, 0.15) is 91.6 Å². The molecule has 22 nitrogen and oxygen atoms in total. The summed E-state index contributed by atoms with van der Waals surface area (Å²) in [6.07, 6.45) is -21.9. The molecule has 10 fully saturated rings. The number of rotatable bonds is 11. The van der Waals surface area contributed by atoms with Crippen molar-refractivity contribution in [2.45, 2.75) is 227 Å². The molecule has 0 amide bonds. The van der Waals surface area contributed by atoms with E-state index in [-0.39, 0.29) is 23.0 Å². The number of aliphatic hydroxyl groups is 12. The monoisotopic (exact) mass is 1030 g/mol. The average Bonchev–Trinajstić information content (AvgIpc) is 3.81. The van der Waals surface area contributed by atoms with Crippen molar-refractivity contribution in [1.82, 2.24) is 0 Å². The molecule has 0 aromatic heterocycles. The molecule has 31 atom stereocenters. The molecule has 0 aromatic carbocycles.